The van der Waals surface area contributed by atoms with E-state index in [4.69, 9.17) is 14.3 Å². The number of aryl methyl sites for hydroxylation is 1. The summed E-state index contributed by atoms with van der Waals surface area (Å²) < 4.78 is 11.6. The van der Waals surface area contributed by atoms with Crippen LogP contribution >= 0.6 is 11.8 Å². The lowest BCUT2D eigenvalue weighted by Crippen LogP contribution is -2.38. The number of ether oxygens (including phenoxy) is 1. The molecule has 2 aliphatic heterocycles. The van der Waals surface area contributed by atoms with E-state index in [0.29, 0.717) is 17.5 Å². The van der Waals surface area contributed by atoms with Gasteiger partial charge in [-0.15, -0.1) is 11.8 Å². The van der Waals surface area contributed by atoms with E-state index in [1.165, 1.54) is 43.8 Å². The lowest BCUT2D eigenvalue weighted by Gasteiger charge is -2.32. The highest BCUT2D eigenvalue weighted by Gasteiger charge is 2.25. The van der Waals surface area contributed by atoms with Crippen LogP contribution in [0.25, 0.3) is 11.0 Å². The second-order valence-electron chi connectivity index (χ2n) is 9.36. The lowest BCUT2D eigenvalue weighted by atomic mass is 9.91. The Morgan fingerprint density at radius 2 is 2.03 bits per heavy atom. The maximum Gasteiger partial charge on any atom is 0.176 e. The Morgan fingerprint density at radius 1 is 1.19 bits per heavy atom. The van der Waals surface area contributed by atoms with Crippen molar-refractivity contribution in [2.45, 2.75) is 58.1 Å². The highest BCUT2D eigenvalue weighted by molar-refractivity contribution is 8.14. The van der Waals surface area contributed by atoms with Crippen molar-refractivity contribution in [1.29, 1.82) is 0 Å². The van der Waals surface area contributed by atoms with Crippen LogP contribution in [0.1, 0.15) is 50.3 Å². The minimum atomic E-state index is -0.0898. The summed E-state index contributed by atoms with van der Waals surface area (Å²) in [7, 11) is 0. The van der Waals surface area contributed by atoms with Crippen LogP contribution in [0.15, 0.2) is 21.6 Å². The normalized spacial score (nSPS) is 22.9. The van der Waals surface area contributed by atoms with Crippen molar-refractivity contribution in [3.05, 3.63) is 23.4 Å². The van der Waals surface area contributed by atoms with Crippen molar-refractivity contribution >= 4 is 27.8 Å². The van der Waals surface area contributed by atoms with Crippen molar-refractivity contribution < 1.29 is 14.4 Å². The molecule has 168 valence electrons. The SMILES string of the molecule is CC1=NC(CN2CCC(CCc3noc4c(CO)c(OCC5CC5)ccc34)CC2)CS1. The molecule has 1 saturated heterocycles. The number of nitrogens with zero attached hydrogens (tertiary/aromatic N) is 3. The Labute approximate surface area is 188 Å². The number of thioether (sulfide) groups is 1. The summed E-state index contributed by atoms with van der Waals surface area (Å²) in [6, 6.07) is 4.51. The van der Waals surface area contributed by atoms with Gasteiger partial charge in [-0.05, 0) is 82.5 Å². The van der Waals surface area contributed by atoms with Crippen molar-refractivity contribution in [3.8, 4) is 5.75 Å². The molecule has 1 aromatic carbocycles. The molecule has 1 atom stereocenters. The fourth-order valence-electron chi connectivity index (χ4n) is 4.79. The fourth-order valence-corrected chi connectivity index (χ4v) is 5.62. The molecular formula is C24H33N3O3S. The Kier molecular flexibility index (Phi) is 6.53. The summed E-state index contributed by atoms with van der Waals surface area (Å²) in [5.74, 6) is 3.29. The third kappa shape index (κ3) is 5.10. The fraction of sp³-hybridized carbons (Fsp3) is 0.667. The predicted molar refractivity (Wildman–Crippen MR) is 125 cm³/mol. The molecule has 0 radical (unpaired) electrons. The summed E-state index contributed by atoms with van der Waals surface area (Å²) in [6.07, 6.45) is 7.05. The second kappa shape index (κ2) is 9.51. The van der Waals surface area contributed by atoms with Gasteiger partial charge in [-0.3, -0.25) is 4.99 Å². The van der Waals surface area contributed by atoms with Gasteiger partial charge in [0.1, 0.15) is 5.75 Å². The summed E-state index contributed by atoms with van der Waals surface area (Å²) in [6.45, 7) is 6.22. The molecular weight excluding hydrogens is 410 g/mol. The van der Waals surface area contributed by atoms with E-state index in [9.17, 15) is 5.11 Å². The van der Waals surface area contributed by atoms with E-state index in [-0.39, 0.29) is 6.61 Å². The van der Waals surface area contributed by atoms with Gasteiger partial charge in [0.2, 0.25) is 0 Å². The van der Waals surface area contributed by atoms with Gasteiger partial charge in [0.05, 0.1) is 35.6 Å². The Balaban J connectivity index is 1.15. The molecule has 0 amide bonds. The molecule has 31 heavy (non-hydrogen) atoms. The topological polar surface area (TPSA) is 71.1 Å². The highest BCUT2D eigenvalue weighted by Crippen LogP contribution is 2.34. The number of aromatic nitrogens is 1. The zero-order valence-electron chi connectivity index (χ0n) is 18.4. The summed E-state index contributed by atoms with van der Waals surface area (Å²) in [5.41, 5.74) is 2.42. The molecule has 7 heteroatoms. The number of aliphatic hydroxyl groups is 1. The van der Waals surface area contributed by atoms with Crippen LogP contribution in [-0.4, -0.2) is 58.2 Å². The van der Waals surface area contributed by atoms with Gasteiger partial charge in [-0.1, -0.05) is 5.16 Å². The van der Waals surface area contributed by atoms with Crippen molar-refractivity contribution in [2.75, 3.05) is 32.0 Å². The van der Waals surface area contributed by atoms with E-state index >= 15 is 0 Å². The number of fused-ring (bicyclic) bond motifs is 1. The zero-order chi connectivity index (χ0) is 21.2. The average molecular weight is 444 g/mol. The van der Waals surface area contributed by atoms with Crippen LogP contribution in [0.4, 0.5) is 0 Å². The number of benzene rings is 1. The first-order valence-electron chi connectivity index (χ1n) is 11.7. The lowest BCUT2D eigenvalue weighted by molar-refractivity contribution is 0.174. The Hall–Kier alpha value is -1.57. The van der Waals surface area contributed by atoms with Crippen molar-refractivity contribution in [2.24, 2.45) is 16.8 Å². The van der Waals surface area contributed by atoms with E-state index in [2.05, 4.69) is 17.0 Å². The second-order valence-corrected chi connectivity index (χ2v) is 10.6. The summed E-state index contributed by atoms with van der Waals surface area (Å²) in [5, 5.41) is 16.5. The van der Waals surface area contributed by atoms with E-state index in [1.54, 1.807) is 0 Å². The number of hydrogen-bond donors (Lipinski definition) is 1. The quantitative estimate of drug-likeness (QED) is 0.623. The molecule has 1 aliphatic carbocycles. The number of rotatable bonds is 9. The molecule has 1 saturated carbocycles. The highest BCUT2D eigenvalue weighted by atomic mass is 32.2. The van der Waals surface area contributed by atoms with Gasteiger partial charge in [0, 0.05) is 17.7 Å². The first kappa shape index (κ1) is 21.3. The van der Waals surface area contributed by atoms with Gasteiger partial charge in [0.25, 0.3) is 0 Å². The van der Waals surface area contributed by atoms with Gasteiger partial charge in [-0.2, -0.15) is 0 Å². The zero-order valence-corrected chi connectivity index (χ0v) is 19.2. The average Bonchev–Trinajstić information content (AvgIpc) is 3.39. The number of hydrogen-bond acceptors (Lipinski definition) is 7. The van der Waals surface area contributed by atoms with Gasteiger partial charge in [-0.25, -0.2) is 0 Å². The molecule has 0 bridgehead atoms. The maximum atomic E-state index is 9.90. The number of piperidine rings is 1. The third-order valence-electron chi connectivity index (χ3n) is 6.92. The van der Waals surface area contributed by atoms with Crippen LogP contribution < -0.4 is 4.74 Å². The van der Waals surface area contributed by atoms with Gasteiger partial charge in [0.15, 0.2) is 5.58 Å². The first-order valence-corrected chi connectivity index (χ1v) is 12.7. The molecule has 0 spiro atoms. The van der Waals surface area contributed by atoms with Gasteiger partial charge >= 0.3 is 0 Å². The molecule has 2 fully saturated rings. The molecule has 1 N–H and O–H groups in total. The van der Waals surface area contributed by atoms with Crippen LogP contribution in [0.3, 0.4) is 0 Å². The number of likely N-dealkylation sites (tertiary alicyclic amines) is 1. The van der Waals surface area contributed by atoms with E-state index < -0.39 is 0 Å². The van der Waals surface area contributed by atoms with Crippen molar-refractivity contribution in [3.63, 3.8) is 0 Å². The molecule has 6 nitrogen and oxygen atoms in total. The first-order chi connectivity index (χ1) is 15.2. The molecule has 3 aliphatic rings. The minimum Gasteiger partial charge on any atom is -0.493 e. The Morgan fingerprint density at radius 3 is 2.74 bits per heavy atom. The summed E-state index contributed by atoms with van der Waals surface area (Å²) >= 11 is 1.90. The van der Waals surface area contributed by atoms with Crippen LogP contribution in [0.5, 0.6) is 5.75 Å². The number of aliphatic imine (C=N–C) groups is 1. The largest absolute Gasteiger partial charge is 0.493 e. The van der Waals surface area contributed by atoms with Crippen molar-refractivity contribution in [1.82, 2.24) is 10.1 Å². The molecule has 1 unspecified atom stereocenters. The third-order valence-corrected chi connectivity index (χ3v) is 7.99. The maximum absolute atomic E-state index is 9.90. The molecule has 1 aromatic heterocycles. The minimum absolute atomic E-state index is 0.0898. The van der Waals surface area contributed by atoms with Crippen LogP contribution in [-0.2, 0) is 13.0 Å². The predicted octanol–water partition coefficient (Wildman–Crippen LogP) is 4.29. The van der Waals surface area contributed by atoms with Crippen LogP contribution in [0, 0.1) is 11.8 Å². The summed E-state index contributed by atoms with van der Waals surface area (Å²) in [4.78, 5) is 7.33. The Bertz CT molecular complexity index is 932. The molecule has 3 heterocycles. The molecule has 2 aromatic rings. The number of aliphatic hydroxyl groups excluding tert-OH is 1. The van der Waals surface area contributed by atoms with Gasteiger partial charge < -0.3 is 19.3 Å². The standard InChI is InChI=1S/C24H33N3O3S/c1-16-25-19(15-31-16)12-27-10-8-17(9-11-27)4-6-22-20-5-7-23(29-14-18-2-3-18)21(13-28)24(20)30-26-22/h5,7,17-19,28H,2-4,6,8-15H2,1H3. The smallest absolute Gasteiger partial charge is 0.176 e. The van der Waals surface area contributed by atoms with Crippen LogP contribution in [0.2, 0.25) is 0 Å². The van der Waals surface area contributed by atoms with E-state index in [0.717, 1.165) is 60.1 Å². The monoisotopic (exact) mass is 443 g/mol. The van der Waals surface area contributed by atoms with E-state index in [1.807, 2.05) is 23.9 Å². The molecule has 5 rings (SSSR count).